The Morgan fingerprint density at radius 1 is 1.56 bits per heavy atom. The minimum absolute atomic E-state index is 1.08. The number of hydrogen-bond donors (Lipinski definition) is 0. The van der Waals surface area contributed by atoms with Crippen LogP contribution in [0.4, 0.5) is 0 Å². The first-order valence-corrected chi connectivity index (χ1v) is 3.42. The van der Waals surface area contributed by atoms with Gasteiger partial charge in [-0.15, -0.1) is 0 Å². The lowest BCUT2D eigenvalue weighted by atomic mass is 10.4. The van der Waals surface area contributed by atoms with Crippen molar-refractivity contribution in [2.24, 2.45) is 0 Å². The number of nitrogens with zero attached hydrogens (tertiary/aromatic N) is 2. The van der Waals surface area contributed by atoms with E-state index in [1.165, 1.54) is 0 Å². The fourth-order valence-electron chi connectivity index (χ4n) is 0.997. The highest BCUT2D eigenvalue weighted by Gasteiger charge is 2.03. The Labute approximate surface area is 56.8 Å². The molecule has 1 aliphatic heterocycles. The summed E-state index contributed by atoms with van der Waals surface area (Å²) in [4.78, 5) is 4.56. The molecule has 0 N–H and O–H groups in total. The van der Waals surface area contributed by atoms with Crippen LogP contribution in [-0.4, -0.2) is 36.6 Å². The predicted molar refractivity (Wildman–Crippen MR) is 39.0 cm³/mol. The van der Waals surface area contributed by atoms with E-state index < -0.39 is 0 Å². The van der Waals surface area contributed by atoms with Crippen LogP contribution in [0.2, 0.25) is 0 Å². The number of likely N-dealkylation sites (N-methyl/N-ethyl adjacent to an activating group) is 1. The van der Waals surface area contributed by atoms with E-state index >= 15 is 0 Å². The van der Waals surface area contributed by atoms with E-state index in [4.69, 9.17) is 0 Å². The van der Waals surface area contributed by atoms with Crippen LogP contribution >= 0.6 is 0 Å². The summed E-state index contributed by atoms with van der Waals surface area (Å²) in [5.74, 6) is 0. The van der Waals surface area contributed by atoms with E-state index in [0.717, 1.165) is 19.8 Å². The van der Waals surface area contributed by atoms with Gasteiger partial charge in [0.15, 0.2) is 0 Å². The summed E-state index contributed by atoms with van der Waals surface area (Å²) in [6, 6.07) is 0. The zero-order valence-electron chi connectivity index (χ0n) is 6.17. The van der Waals surface area contributed by atoms with Crippen molar-refractivity contribution in [1.82, 2.24) is 9.80 Å². The van der Waals surface area contributed by atoms with Gasteiger partial charge in [0, 0.05) is 13.1 Å². The molecule has 0 radical (unpaired) electrons. The average molecular weight is 126 g/mol. The maximum absolute atomic E-state index is 2.28. The minimum Gasteiger partial charge on any atom is -0.365 e. The maximum Gasteiger partial charge on any atom is 0.0701 e. The van der Waals surface area contributed by atoms with E-state index in [1.807, 2.05) is 0 Å². The Morgan fingerprint density at radius 3 is 2.78 bits per heavy atom. The maximum atomic E-state index is 2.28. The molecule has 1 rings (SSSR count). The molecule has 0 bridgehead atoms. The van der Waals surface area contributed by atoms with Gasteiger partial charge in [-0.1, -0.05) is 6.08 Å². The highest BCUT2D eigenvalue weighted by atomic mass is 15.3. The molecule has 2 heteroatoms. The Morgan fingerprint density at radius 2 is 2.33 bits per heavy atom. The predicted octanol–water partition coefficient (Wildman–Crippen LogP) is 0.725. The molecule has 0 amide bonds. The van der Waals surface area contributed by atoms with E-state index in [-0.39, 0.29) is 0 Å². The normalized spacial score (nSPS) is 20.9. The summed E-state index contributed by atoms with van der Waals surface area (Å²) in [6.45, 7) is 5.45. The van der Waals surface area contributed by atoms with Gasteiger partial charge in [-0.3, -0.25) is 4.90 Å². The summed E-state index contributed by atoms with van der Waals surface area (Å²) in [5.41, 5.74) is 0. The minimum atomic E-state index is 1.08. The summed E-state index contributed by atoms with van der Waals surface area (Å²) in [7, 11) is 2.13. The largest absolute Gasteiger partial charge is 0.365 e. The molecule has 2 nitrogen and oxygen atoms in total. The quantitative estimate of drug-likeness (QED) is 0.511. The van der Waals surface area contributed by atoms with Crippen LogP contribution in [-0.2, 0) is 0 Å². The molecule has 1 heterocycles. The highest BCUT2D eigenvalue weighted by molar-refractivity contribution is 4.88. The standard InChI is InChI=1S/C7H14N2/c1-3-9-6-4-5-8(2)7-9/h4,6H,3,5,7H2,1-2H3. The summed E-state index contributed by atoms with van der Waals surface area (Å²) in [5, 5.41) is 0. The Kier molecular flexibility index (Phi) is 2.11. The first-order valence-electron chi connectivity index (χ1n) is 3.42. The van der Waals surface area contributed by atoms with Crippen molar-refractivity contribution < 1.29 is 0 Å². The van der Waals surface area contributed by atoms with E-state index in [2.05, 4.69) is 36.0 Å². The number of rotatable bonds is 1. The topological polar surface area (TPSA) is 6.48 Å². The molecule has 0 unspecified atom stereocenters. The molecule has 9 heavy (non-hydrogen) atoms. The SMILES string of the molecule is CCN1C=CCN(C)C1. The fourth-order valence-corrected chi connectivity index (χ4v) is 0.997. The molecule has 0 saturated carbocycles. The first-order chi connectivity index (χ1) is 4.33. The molecule has 0 atom stereocenters. The van der Waals surface area contributed by atoms with Crippen molar-refractivity contribution in [3.8, 4) is 0 Å². The first kappa shape index (κ1) is 6.62. The molecular formula is C7H14N2. The van der Waals surface area contributed by atoms with Crippen molar-refractivity contribution in [2.75, 3.05) is 26.8 Å². The van der Waals surface area contributed by atoms with E-state index in [9.17, 15) is 0 Å². The van der Waals surface area contributed by atoms with Crippen molar-refractivity contribution in [1.29, 1.82) is 0 Å². The van der Waals surface area contributed by atoms with E-state index in [0.29, 0.717) is 0 Å². The van der Waals surface area contributed by atoms with Gasteiger partial charge in [0.25, 0.3) is 0 Å². The molecule has 0 aromatic heterocycles. The molecule has 0 spiro atoms. The molecule has 0 aromatic rings. The van der Waals surface area contributed by atoms with Gasteiger partial charge in [0.2, 0.25) is 0 Å². The van der Waals surface area contributed by atoms with Crippen LogP contribution in [0.5, 0.6) is 0 Å². The summed E-state index contributed by atoms with van der Waals surface area (Å²) in [6.07, 6.45) is 4.35. The van der Waals surface area contributed by atoms with Crippen LogP contribution in [0.1, 0.15) is 6.92 Å². The third-order valence-electron chi connectivity index (χ3n) is 1.56. The summed E-state index contributed by atoms with van der Waals surface area (Å²) >= 11 is 0. The van der Waals surface area contributed by atoms with Gasteiger partial charge >= 0.3 is 0 Å². The molecular weight excluding hydrogens is 112 g/mol. The Balaban J connectivity index is 2.39. The van der Waals surface area contributed by atoms with E-state index in [1.54, 1.807) is 0 Å². The van der Waals surface area contributed by atoms with Gasteiger partial charge in [-0.05, 0) is 20.2 Å². The molecule has 0 fully saturated rings. The van der Waals surface area contributed by atoms with Gasteiger partial charge in [-0.2, -0.15) is 0 Å². The van der Waals surface area contributed by atoms with Crippen LogP contribution in [0.15, 0.2) is 12.3 Å². The average Bonchev–Trinajstić information content (AvgIpc) is 1.88. The van der Waals surface area contributed by atoms with Gasteiger partial charge in [0.05, 0.1) is 6.67 Å². The van der Waals surface area contributed by atoms with Crippen LogP contribution in [0.25, 0.3) is 0 Å². The molecule has 1 aliphatic rings. The van der Waals surface area contributed by atoms with Gasteiger partial charge in [-0.25, -0.2) is 0 Å². The third kappa shape index (κ3) is 1.72. The van der Waals surface area contributed by atoms with Crippen molar-refractivity contribution in [2.45, 2.75) is 6.92 Å². The van der Waals surface area contributed by atoms with Crippen molar-refractivity contribution in [3.63, 3.8) is 0 Å². The molecule has 52 valence electrons. The second-order valence-corrected chi connectivity index (χ2v) is 2.47. The molecule has 0 saturated heterocycles. The second kappa shape index (κ2) is 2.87. The number of hydrogen-bond acceptors (Lipinski definition) is 2. The van der Waals surface area contributed by atoms with Gasteiger partial charge < -0.3 is 4.90 Å². The Bertz CT molecular complexity index is 109. The lowest BCUT2D eigenvalue weighted by Crippen LogP contribution is -2.35. The molecule has 0 aliphatic carbocycles. The third-order valence-corrected chi connectivity index (χ3v) is 1.56. The molecule has 0 aromatic carbocycles. The smallest absolute Gasteiger partial charge is 0.0701 e. The van der Waals surface area contributed by atoms with Crippen LogP contribution in [0.3, 0.4) is 0 Å². The lowest BCUT2D eigenvalue weighted by molar-refractivity contribution is 0.207. The monoisotopic (exact) mass is 126 g/mol. The zero-order chi connectivity index (χ0) is 6.69. The Hall–Kier alpha value is -0.500. The fraction of sp³-hybridized carbons (Fsp3) is 0.714. The lowest BCUT2D eigenvalue weighted by Gasteiger charge is -2.28. The second-order valence-electron chi connectivity index (χ2n) is 2.47. The van der Waals surface area contributed by atoms with Crippen LogP contribution in [0, 0.1) is 0 Å². The van der Waals surface area contributed by atoms with Crippen molar-refractivity contribution >= 4 is 0 Å². The highest BCUT2D eigenvalue weighted by Crippen LogP contribution is 1.98. The summed E-state index contributed by atoms with van der Waals surface area (Å²) < 4.78 is 0. The zero-order valence-corrected chi connectivity index (χ0v) is 6.17. The van der Waals surface area contributed by atoms with Gasteiger partial charge in [0.1, 0.15) is 0 Å². The van der Waals surface area contributed by atoms with Crippen LogP contribution < -0.4 is 0 Å². The van der Waals surface area contributed by atoms with Crippen molar-refractivity contribution in [3.05, 3.63) is 12.3 Å².